The molecule has 6 nitrogen and oxygen atoms in total. The van der Waals surface area contributed by atoms with E-state index in [2.05, 4.69) is 38.4 Å². The normalized spacial score (nSPS) is 16.8. The zero-order valence-electron chi connectivity index (χ0n) is 16.0. The summed E-state index contributed by atoms with van der Waals surface area (Å²) in [5.41, 5.74) is 0.664. The molecule has 1 heterocycles. The minimum Gasteiger partial charge on any atom is -0.384 e. The standard InChI is InChI=1S/C19H29BrN4O2.HI/c1-3-21-19(24-11-8-15(13-24)14-26-2)23-10-5-9-22-18(25)16-6-4-7-17(20)12-16;/h4,6-7,12,15H,3,5,8-11,13-14H2,1-2H3,(H,21,23)(H,22,25);1H. The molecule has 1 atom stereocenters. The average Bonchev–Trinajstić information content (AvgIpc) is 3.09. The number of nitrogens with one attached hydrogen (secondary N) is 2. The summed E-state index contributed by atoms with van der Waals surface area (Å²) in [6.45, 7) is 7.03. The lowest BCUT2D eigenvalue weighted by atomic mass is 10.1. The van der Waals surface area contributed by atoms with Gasteiger partial charge in [0.25, 0.3) is 5.91 Å². The van der Waals surface area contributed by atoms with Crippen molar-refractivity contribution < 1.29 is 9.53 Å². The Balaban J connectivity index is 0.00000364. The minimum absolute atomic E-state index is 0. The average molecular weight is 553 g/mol. The number of hydrogen-bond acceptors (Lipinski definition) is 3. The molecule has 1 saturated heterocycles. The fourth-order valence-corrected chi connectivity index (χ4v) is 3.42. The van der Waals surface area contributed by atoms with Gasteiger partial charge in [0.15, 0.2) is 5.96 Å². The van der Waals surface area contributed by atoms with Crippen molar-refractivity contribution in [2.75, 3.05) is 46.4 Å². The molecule has 1 aliphatic heterocycles. The van der Waals surface area contributed by atoms with E-state index in [1.165, 1.54) is 0 Å². The predicted molar refractivity (Wildman–Crippen MR) is 124 cm³/mol. The molecule has 27 heavy (non-hydrogen) atoms. The Bertz CT molecular complexity index is 615. The van der Waals surface area contributed by atoms with Crippen LogP contribution in [-0.4, -0.2) is 63.2 Å². The van der Waals surface area contributed by atoms with Gasteiger partial charge < -0.3 is 20.3 Å². The van der Waals surface area contributed by atoms with E-state index in [9.17, 15) is 4.79 Å². The van der Waals surface area contributed by atoms with Crippen LogP contribution < -0.4 is 10.6 Å². The van der Waals surface area contributed by atoms with Crippen LogP contribution in [0.3, 0.4) is 0 Å². The zero-order chi connectivity index (χ0) is 18.8. The third-order valence-corrected chi connectivity index (χ3v) is 4.78. The summed E-state index contributed by atoms with van der Waals surface area (Å²) in [5.74, 6) is 1.49. The molecule has 1 amide bonds. The van der Waals surface area contributed by atoms with E-state index in [1.807, 2.05) is 24.3 Å². The highest BCUT2D eigenvalue weighted by Gasteiger charge is 2.24. The van der Waals surface area contributed by atoms with E-state index in [-0.39, 0.29) is 29.9 Å². The third-order valence-electron chi connectivity index (χ3n) is 4.29. The first-order valence-corrected chi connectivity index (χ1v) is 9.99. The highest BCUT2D eigenvalue weighted by molar-refractivity contribution is 14.0. The molecule has 1 fully saturated rings. The van der Waals surface area contributed by atoms with Crippen molar-refractivity contribution in [1.82, 2.24) is 15.5 Å². The van der Waals surface area contributed by atoms with Crippen molar-refractivity contribution in [3.8, 4) is 0 Å². The lowest BCUT2D eigenvalue weighted by Crippen LogP contribution is -2.40. The fraction of sp³-hybridized carbons (Fsp3) is 0.579. The minimum atomic E-state index is -0.0517. The number of benzene rings is 1. The van der Waals surface area contributed by atoms with Gasteiger partial charge in [0.1, 0.15) is 0 Å². The van der Waals surface area contributed by atoms with Crippen molar-refractivity contribution in [3.05, 3.63) is 34.3 Å². The van der Waals surface area contributed by atoms with E-state index in [4.69, 9.17) is 9.73 Å². The van der Waals surface area contributed by atoms with E-state index in [0.717, 1.165) is 49.5 Å². The molecule has 152 valence electrons. The molecule has 0 aromatic heterocycles. The first-order chi connectivity index (χ1) is 12.6. The molecule has 8 heteroatoms. The van der Waals surface area contributed by atoms with Crippen molar-refractivity contribution in [1.29, 1.82) is 0 Å². The summed E-state index contributed by atoms with van der Waals surface area (Å²) in [4.78, 5) is 19.1. The van der Waals surface area contributed by atoms with Gasteiger partial charge in [0.2, 0.25) is 0 Å². The lowest BCUT2D eigenvalue weighted by molar-refractivity contribution is 0.0953. The number of carbonyl (C=O) groups excluding carboxylic acids is 1. The molecule has 0 radical (unpaired) electrons. The van der Waals surface area contributed by atoms with Gasteiger partial charge in [-0.15, -0.1) is 24.0 Å². The second kappa shape index (κ2) is 13.3. The molecule has 0 aliphatic carbocycles. The van der Waals surface area contributed by atoms with Gasteiger partial charge in [0.05, 0.1) is 6.61 Å². The molecular weight excluding hydrogens is 523 g/mol. The fourth-order valence-electron chi connectivity index (χ4n) is 3.02. The van der Waals surface area contributed by atoms with Crippen LogP contribution in [0.25, 0.3) is 0 Å². The van der Waals surface area contributed by atoms with Crippen molar-refractivity contribution >= 4 is 51.8 Å². The molecule has 1 unspecified atom stereocenters. The smallest absolute Gasteiger partial charge is 0.251 e. The van der Waals surface area contributed by atoms with Gasteiger partial charge in [-0.3, -0.25) is 9.79 Å². The quantitative estimate of drug-likeness (QED) is 0.225. The number of aliphatic imine (C=N–C) groups is 1. The van der Waals surface area contributed by atoms with Gasteiger partial charge >= 0.3 is 0 Å². The molecule has 2 N–H and O–H groups in total. The molecule has 0 bridgehead atoms. The molecule has 0 spiro atoms. The van der Waals surface area contributed by atoms with Gasteiger partial charge in [-0.2, -0.15) is 0 Å². The maximum absolute atomic E-state index is 12.1. The topological polar surface area (TPSA) is 66.0 Å². The van der Waals surface area contributed by atoms with Gasteiger partial charge in [-0.1, -0.05) is 22.0 Å². The van der Waals surface area contributed by atoms with Crippen LogP contribution in [-0.2, 0) is 4.74 Å². The van der Waals surface area contributed by atoms with Crippen LogP contribution >= 0.6 is 39.9 Å². The number of ether oxygens (including phenoxy) is 1. The van der Waals surface area contributed by atoms with Gasteiger partial charge in [-0.25, -0.2) is 0 Å². The largest absolute Gasteiger partial charge is 0.384 e. The van der Waals surface area contributed by atoms with Gasteiger partial charge in [0, 0.05) is 55.8 Å². The molecule has 1 aliphatic rings. The summed E-state index contributed by atoms with van der Waals surface area (Å²) < 4.78 is 6.17. The Hall–Kier alpha value is -0.870. The number of guanidine groups is 1. The van der Waals surface area contributed by atoms with E-state index >= 15 is 0 Å². The maximum Gasteiger partial charge on any atom is 0.251 e. The first-order valence-electron chi connectivity index (χ1n) is 9.20. The van der Waals surface area contributed by atoms with Gasteiger partial charge in [-0.05, 0) is 38.0 Å². The number of carbonyl (C=O) groups is 1. The Morgan fingerprint density at radius 2 is 2.22 bits per heavy atom. The Labute approximate surface area is 187 Å². The third kappa shape index (κ3) is 8.35. The van der Waals surface area contributed by atoms with Crippen LogP contribution in [0.15, 0.2) is 33.7 Å². The molecule has 1 aromatic rings. The summed E-state index contributed by atoms with van der Waals surface area (Å²) in [6, 6.07) is 7.40. The monoisotopic (exact) mass is 552 g/mol. The van der Waals surface area contributed by atoms with Crippen molar-refractivity contribution in [3.63, 3.8) is 0 Å². The Morgan fingerprint density at radius 1 is 1.41 bits per heavy atom. The second-order valence-corrected chi connectivity index (χ2v) is 7.33. The highest BCUT2D eigenvalue weighted by Crippen LogP contribution is 2.16. The van der Waals surface area contributed by atoms with Crippen LogP contribution in [0.1, 0.15) is 30.1 Å². The maximum atomic E-state index is 12.1. The summed E-state index contributed by atoms with van der Waals surface area (Å²) in [6.07, 6.45) is 1.95. The SMILES string of the molecule is CCNC(=NCCCNC(=O)c1cccc(Br)c1)N1CCC(COC)C1.I. The van der Waals surface area contributed by atoms with Crippen LogP contribution in [0, 0.1) is 5.92 Å². The number of hydrogen-bond donors (Lipinski definition) is 2. The van der Waals surface area contributed by atoms with E-state index < -0.39 is 0 Å². The summed E-state index contributed by atoms with van der Waals surface area (Å²) in [5, 5.41) is 6.31. The number of amides is 1. The Morgan fingerprint density at radius 3 is 2.93 bits per heavy atom. The van der Waals surface area contributed by atoms with Crippen molar-refractivity contribution in [2.24, 2.45) is 10.9 Å². The van der Waals surface area contributed by atoms with Crippen molar-refractivity contribution in [2.45, 2.75) is 19.8 Å². The van der Waals surface area contributed by atoms with Crippen LogP contribution in [0.4, 0.5) is 0 Å². The zero-order valence-corrected chi connectivity index (χ0v) is 20.0. The lowest BCUT2D eigenvalue weighted by Gasteiger charge is -2.21. The summed E-state index contributed by atoms with van der Waals surface area (Å²) >= 11 is 3.38. The molecule has 0 saturated carbocycles. The second-order valence-electron chi connectivity index (χ2n) is 6.41. The summed E-state index contributed by atoms with van der Waals surface area (Å²) in [7, 11) is 1.75. The number of likely N-dealkylation sites (tertiary alicyclic amines) is 1. The van der Waals surface area contributed by atoms with Crippen LogP contribution in [0.5, 0.6) is 0 Å². The first kappa shape index (κ1) is 24.2. The highest BCUT2D eigenvalue weighted by atomic mass is 127. The Kier molecular flexibility index (Phi) is 11.9. The molecule has 1 aromatic carbocycles. The number of methoxy groups -OCH3 is 1. The van der Waals surface area contributed by atoms with E-state index in [1.54, 1.807) is 7.11 Å². The predicted octanol–water partition coefficient (Wildman–Crippen LogP) is 3.12. The number of rotatable bonds is 8. The number of nitrogens with zero attached hydrogens (tertiary/aromatic N) is 2. The van der Waals surface area contributed by atoms with Crippen LogP contribution in [0.2, 0.25) is 0 Å². The number of halogens is 2. The molecular formula is C19H30BrIN4O2. The van der Waals surface area contributed by atoms with E-state index in [0.29, 0.717) is 24.6 Å². The molecule has 2 rings (SSSR count).